The number of carbonyl (C=O) groups is 1. The largest absolute Gasteiger partial charge is 0.399 e. The predicted octanol–water partition coefficient (Wildman–Crippen LogP) is 4.25. The maximum atomic E-state index is 12.2. The summed E-state index contributed by atoms with van der Waals surface area (Å²) in [5, 5.41) is 3.34. The Kier molecular flexibility index (Phi) is 4.12. The molecule has 2 aromatic carbocycles. The number of hydrogen-bond donors (Lipinski definition) is 2. The first-order valence-corrected chi connectivity index (χ1v) is 6.77. The lowest BCUT2D eigenvalue weighted by molar-refractivity contribution is 0.102. The van der Waals surface area contributed by atoms with E-state index in [1.165, 1.54) is 0 Å². The first-order valence-electron chi connectivity index (χ1n) is 5.60. The van der Waals surface area contributed by atoms with Gasteiger partial charge in [0.05, 0.1) is 15.2 Å². The minimum atomic E-state index is -0.224. The Hall–Kier alpha value is -1.52. The molecule has 0 atom stereocenters. The van der Waals surface area contributed by atoms with Crippen molar-refractivity contribution in [3.8, 4) is 0 Å². The van der Waals surface area contributed by atoms with Crippen molar-refractivity contribution in [2.24, 2.45) is 0 Å². The molecular formula is C14H12BrClN2O. The Morgan fingerprint density at radius 3 is 2.74 bits per heavy atom. The second kappa shape index (κ2) is 5.63. The highest BCUT2D eigenvalue weighted by Crippen LogP contribution is 2.30. The van der Waals surface area contributed by atoms with Gasteiger partial charge in [-0.1, -0.05) is 17.7 Å². The third kappa shape index (κ3) is 3.28. The highest BCUT2D eigenvalue weighted by molar-refractivity contribution is 9.10. The normalized spacial score (nSPS) is 10.3. The molecule has 1 amide bonds. The Morgan fingerprint density at radius 1 is 1.32 bits per heavy atom. The fourth-order valence-electron chi connectivity index (χ4n) is 1.74. The molecular weight excluding hydrogens is 328 g/mol. The molecule has 0 fully saturated rings. The predicted molar refractivity (Wildman–Crippen MR) is 82.7 cm³/mol. The van der Waals surface area contributed by atoms with Crippen molar-refractivity contribution in [3.63, 3.8) is 0 Å². The number of halogens is 2. The lowest BCUT2D eigenvalue weighted by Crippen LogP contribution is -2.13. The maximum absolute atomic E-state index is 12.2. The van der Waals surface area contributed by atoms with Gasteiger partial charge in [0.1, 0.15) is 0 Å². The van der Waals surface area contributed by atoms with E-state index in [0.717, 1.165) is 5.56 Å². The minimum Gasteiger partial charge on any atom is -0.399 e. The summed E-state index contributed by atoms with van der Waals surface area (Å²) in [6.07, 6.45) is 0. The van der Waals surface area contributed by atoms with Gasteiger partial charge in [-0.15, -0.1) is 0 Å². The van der Waals surface area contributed by atoms with Crippen LogP contribution < -0.4 is 11.1 Å². The fraction of sp³-hybridized carbons (Fsp3) is 0.0714. The molecule has 98 valence electrons. The van der Waals surface area contributed by atoms with Crippen LogP contribution >= 0.6 is 27.5 Å². The number of rotatable bonds is 2. The molecule has 19 heavy (non-hydrogen) atoms. The van der Waals surface area contributed by atoms with Crippen molar-refractivity contribution in [1.82, 2.24) is 0 Å². The zero-order chi connectivity index (χ0) is 14.0. The van der Waals surface area contributed by atoms with Crippen molar-refractivity contribution in [2.45, 2.75) is 6.92 Å². The number of nitrogens with one attached hydrogen (secondary N) is 1. The van der Waals surface area contributed by atoms with Crippen LogP contribution in [0.1, 0.15) is 15.9 Å². The van der Waals surface area contributed by atoms with Crippen LogP contribution in [0.3, 0.4) is 0 Å². The number of benzene rings is 2. The number of nitrogen functional groups attached to an aromatic ring is 1. The van der Waals surface area contributed by atoms with Crippen LogP contribution in [-0.2, 0) is 0 Å². The van der Waals surface area contributed by atoms with E-state index in [2.05, 4.69) is 21.2 Å². The average Bonchev–Trinajstić information content (AvgIpc) is 2.33. The number of anilines is 2. The molecule has 0 bridgehead atoms. The summed E-state index contributed by atoms with van der Waals surface area (Å²) in [5.41, 5.74) is 8.38. The second-order valence-electron chi connectivity index (χ2n) is 4.19. The number of amides is 1. The van der Waals surface area contributed by atoms with E-state index in [1.54, 1.807) is 30.3 Å². The van der Waals surface area contributed by atoms with E-state index in [4.69, 9.17) is 17.3 Å². The molecule has 0 saturated carbocycles. The molecule has 3 nitrogen and oxygen atoms in total. The highest BCUT2D eigenvalue weighted by atomic mass is 79.9. The molecule has 0 heterocycles. The first kappa shape index (κ1) is 13.9. The van der Waals surface area contributed by atoms with Crippen molar-refractivity contribution >= 4 is 44.8 Å². The molecule has 3 N–H and O–H groups in total. The monoisotopic (exact) mass is 338 g/mol. The van der Waals surface area contributed by atoms with Crippen molar-refractivity contribution in [1.29, 1.82) is 0 Å². The van der Waals surface area contributed by atoms with Crippen molar-refractivity contribution in [2.75, 3.05) is 11.1 Å². The zero-order valence-corrected chi connectivity index (χ0v) is 12.5. The van der Waals surface area contributed by atoms with E-state index in [-0.39, 0.29) is 5.91 Å². The van der Waals surface area contributed by atoms with Crippen LogP contribution in [-0.4, -0.2) is 5.91 Å². The van der Waals surface area contributed by atoms with E-state index in [9.17, 15) is 4.79 Å². The topological polar surface area (TPSA) is 55.1 Å². The Morgan fingerprint density at radius 2 is 2.05 bits per heavy atom. The summed E-state index contributed by atoms with van der Waals surface area (Å²) in [5.74, 6) is -0.224. The molecule has 0 aliphatic heterocycles. The van der Waals surface area contributed by atoms with Crippen LogP contribution in [0.2, 0.25) is 5.02 Å². The Balaban J connectivity index is 2.28. The maximum Gasteiger partial charge on any atom is 0.255 e. The molecule has 0 aliphatic rings. The third-order valence-electron chi connectivity index (χ3n) is 2.56. The van der Waals surface area contributed by atoms with Gasteiger partial charge in [-0.2, -0.15) is 0 Å². The third-order valence-corrected chi connectivity index (χ3v) is 3.96. The quantitative estimate of drug-likeness (QED) is 0.804. The lowest BCUT2D eigenvalue weighted by Gasteiger charge is -2.09. The van der Waals surface area contributed by atoms with Gasteiger partial charge in [-0.05, 0) is 58.7 Å². The first-order chi connectivity index (χ1) is 8.97. The van der Waals surface area contributed by atoms with Gasteiger partial charge in [0.15, 0.2) is 0 Å². The zero-order valence-electron chi connectivity index (χ0n) is 10.2. The summed E-state index contributed by atoms with van der Waals surface area (Å²) in [4.78, 5) is 12.2. The molecule has 0 spiro atoms. The van der Waals surface area contributed by atoms with Gasteiger partial charge in [-0.3, -0.25) is 4.79 Å². The molecule has 2 aromatic rings. The lowest BCUT2D eigenvalue weighted by atomic mass is 10.1. The molecule has 0 aromatic heterocycles. The molecule has 5 heteroatoms. The summed E-state index contributed by atoms with van der Waals surface area (Å²) in [7, 11) is 0. The Bertz CT molecular complexity index is 623. The molecule has 0 saturated heterocycles. The van der Waals surface area contributed by atoms with Crippen molar-refractivity contribution in [3.05, 3.63) is 57.0 Å². The molecule has 2 rings (SSSR count). The summed E-state index contributed by atoms with van der Waals surface area (Å²) >= 11 is 9.31. The van der Waals surface area contributed by atoms with Crippen LogP contribution in [0.4, 0.5) is 11.4 Å². The molecule has 0 unspecified atom stereocenters. The SMILES string of the molecule is Cc1cc(N)cc(C(=O)Nc2cccc(Cl)c2Br)c1. The number of carbonyl (C=O) groups excluding carboxylic acids is 1. The van der Waals surface area contributed by atoms with Crippen LogP contribution in [0, 0.1) is 6.92 Å². The van der Waals surface area contributed by atoms with Gasteiger partial charge >= 0.3 is 0 Å². The summed E-state index contributed by atoms with van der Waals surface area (Å²) in [6, 6.07) is 10.5. The smallest absolute Gasteiger partial charge is 0.255 e. The van der Waals surface area contributed by atoms with Gasteiger partial charge < -0.3 is 11.1 Å². The van der Waals surface area contributed by atoms with E-state index in [1.807, 2.05) is 13.0 Å². The van der Waals surface area contributed by atoms with Gasteiger partial charge in [0.25, 0.3) is 5.91 Å². The summed E-state index contributed by atoms with van der Waals surface area (Å²) in [6.45, 7) is 1.89. The number of aryl methyl sites for hydroxylation is 1. The van der Waals surface area contributed by atoms with E-state index in [0.29, 0.717) is 26.4 Å². The highest BCUT2D eigenvalue weighted by Gasteiger charge is 2.10. The van der Waals surface area contributed by atoms with Gasteiger partial charge in [-0.25, -0.2) is 0 Å². The van der Waals surface area contributed by atoms with Gasteiger partial charge in [0.2, 0.25) is 0 Å². The standard InChI is InChI=1S/C14H12BrClN2O/c1-8-5-9(7-10(17)6-8)14(19)18-12-4-2-3-11(16)13(12)15/h2-7H,17H2,1H3,(H,18,19). The second-order valence-corrected chi connectivity index (χ2v) is 5.39. The summed E-state index contributed by atoms with van der Waals surface area (Å²) < 4.78 is 0.658. The number of hydrogen-bond acceptors (Lipinski definition) is 2. The molecule has 0 aliphatic carbocycles. The van der Waals surface area contributed by atoms with E-state index >= 15 is 0 Å². The van der Waals surface area contributed by atoms with Gasteiger partial charge in [0, 0.05) is 11.3 Å². The van der Waals surface area contributed by atoms with E-state index < -0.39 is 0 Å². The average molecular weight is 340 g/mol. The van der Waals surface area contributed by atoms with Crippen LogP contribution in [0.5, 0.6) is 0 Å². The Labute approximate surface area is 124 Å². The van der Waals surface area contributed by atoms with Crippen LogP contribution in [0.25, 0.3) is 0 Å². The minimum absolute atomic E-state index is 0.224. The van der Waals surface area contributed by atoms with Crippen molar-refractivity contribution < 1.29 is 4.79 Å². The molecule has 0 radical (unpaired) electrons. The number of nitrogens with two attached hydrogens (primary N) is 1. The van der Waals surface area contributed by atoms with Crippen LogP contribution in [0.15, 0.2) is 40.9 Å². The fourth-order valence-corrected chi connectivity index (χ4v) is 2.28.